The van der Waals surface area contributed by atoms with Crippen LogP contribution >= 0.6 is 12.4 Å². The van der Waals surface area contributed by atoms with Gasteiger partial charge >= 0.3 is 20.4 Å². The topological polar surface area (TPSA) is 0 Å². The van der Waals surface area contributed by atoms with Crippen molar-refractivity contribution in [2.24, 2.45) is 0 Å². The molecule has 3 heteroatoms. The average molecular weight is 191 g/mol. The Hall–Kier alpha value is 1.27. The Morgan fingerprint density at radius 1 is 1.20 bits per heavy atom. The first-order chi connectivity index (χ1) is 4.06. The Morgan fingerprint density at radius 3 is 2.00 bits per heavy atom. The van der Waals surface area contributed by atoms with Crippen LogP contribution in [0.2, 0.25) is 34.8 Å². The molecular formula is C7H19ClMgSi. The molecule has 0 amide bonds. The molecule has 0 nitrogen and oxygen atoms in total. The van der Waals surface area contributed by atoms with Crippen LogP contribution in [0.4, 0.5) is 0 Å². The van der Waals surface area contributed by atoms with E-state index in [1.165, 1.54) is 4.55 Å². The molecule has 0 fully saturated rings. The van der Waals surface area contributed by atoms with Gasteiger partial charge in [-0.05, 0) is 0 Å². The van der Waals surface area contributed by atoms with Crippen LogP contribution in [0.25, 0.3) is 0 Å². The summed E-state index contributed by atoms with van der Waals surface area (Å²) >= 11 is 0.377. The van der Waals surface area contributed by atoms with Crippen molar-refractivity contribution in [3.63, 3.8) is 0 Å². The van der Waals surface area contributed by atoms with Crippen LogP contribution in [0.1, 0.15) is 6.92 Å². The highest BCUT2D eigenvalue weighted by atomic mass is 35.5. The highest BCUT2D eigenvalue weighted by Gasteiger charge is 2.11. The molecule has 0 aliphatic rings. The van der Waals surface area contributed by atoms with E-state index >= 15 is 0 Å². The van der Waals surface area contributed by atoms with E-state index in [4.69, 9.17) is 0 Å². The molecule has 60 valence electrons. The first-order valence-electron chi connectivity index (χ1n) is 4.06. The summed E-state index contributed by atoms with van der Waals surface area (Å²) in [5, 5.41) is 0. The maximum Gasteiger partial charge on any atom is 0.363 e. The highest BCUT2D eigenvalue weighted by molar-refractivity contribution is 6.76. The lowest BCUT2D eigenvalue weighted by Gasteiger charge is -2.14. The Morgan fingerprint density at radius 2 is 1.70 bits per heavy atom. The fourth-order valence-corrected chi connectivity index (χ4v) is 6.65. The average Bonchev–Trinajstić information content (AvgIpc) is 1.63. The lowest BCUT2D eigenvalue weighted by atomic mass is 10.9. The van der Waals surface area contributed by atoms with Crippen LogP contribution in [-0.4, -0.2) is 28.4 Å². The van der Waals surface area contributed by atoms with Crippen molar-refractivity contribution in [3.8, 4) is 0 Å². The van der Waals surface area contributed by atoms with Crippen LogP contribution in [-0.2, 0) is 0 Å². The van der Waals surface area contributed by atoms with Gasteiger partial charge in [0.1, 0.15) is 0 Å². The molecule has 0 atom stereocenters. The van der Waals surface area contributed by atoms with E-state index in [1.54, 1.807) is 10.6 Å². The molecule has 0 N–H and O–H groups in total. The van der Waals surface area contributed by atoms with E-state index in [0.29, 0.717) is 20.4 Å². The van der Waals surface area contributed by atoms with Crippen molar-refractivity contribution in [1.29, 1.82) is 0 Å². The standard InChI is InChI=1S/C5H13Si.C2H5.ClH.Mg/c1-5-6(2,3)4;1-2;;/h1,5H2,2-4H3;1H2,2H3;1H;. The van der Waals surface area contributed by atoms with Gasteiger partial charge in [0, 0.05) is 8.07 Å². The summed E-state index contributed by atoms with van der Waals surface area (Å²) in [5.74, 6) is 0. The molecule has 0 saturated heterocycles. The second-order valence-corrected chi connectivity index (χ2v) is 12.1. The van der Waals surface area contributed by atoms with Gasteiger partial charge in [0.25, 0.3) is 0 Å². The van der Waals surface area contributed by atoms with Gasteiger partial charge in [0.15, 0.2) is 0 Å². The minimum Gasteiger partial charge on any atom is -0.149 e. The first kappa shape index (κ1) is 13.8. The van der Waals surface area contributed by atoms with Crippen molar-refractivity contribution < 1.29 is 0 Å². The number of halogens is 1. The zero-order valence-corrected chi connectivity index (χ0v) is 11.0. The monoisotopic (exact) mass is 190 g/mol. The number of rotatable bonds is 4. The maximum atomic E-state index is 2.47. The lowest BCUT2D eigenvalue weighted by Crippen LogP contribution is -2.19. The smallest absolute Gasteiger partial charge is 0.149 e. The molecule has 10 heavy (non-hydrogen) atoms. The number of hydrogen-bond donors (Lipinski definition) is 0. The third-order valence-electron chi connectivity index (χ3n) is 1.53. The van der Waals surface area contributed by atoms with E-state index < -0.39 is 8.07 Å². The minimum atomic E-state index is -0.660. The van der Waals surface area contributed by atoms with Gasteiger partial charge < -0.3 is 0 Å². The molecule has 0 aliphatic carbocycles. The van der Waals surface area contributed by atoms with Gasteiger partial charge in [0.2, 0.25) is 0 Å². The summed E-state index contributed by atoms with van der Waals surface area (Å²) in [6, 6.07) is 1.58. The van der Waals surface area contributed by atoms with Crippen LogP contribution in [0.3, 0.4) is 0 Å². The van der Waals surface area contributed by atoms with Crippen molar-refractivity contribution in [3.05, 3.63) is 0 Å². The Labute approximate surface area is 82.3 Å². The largest absolute Gasteiger partial charge is 0.363 e. The highest BCUT2D eigenvalue weighted by Crippen LogP contribution is 2.10. The van der Waals surface area contributed by atoms with Crippen molar-refractivity contribution in [1.82, 2.24) is 0 Å². The maximum absolute atomic E-state index is 2.47. The molecule has 0 aromatic carbocycles. The fraction of sp³-hybridized carbons (Fsp3) is 1.00. The van der Waals surface area contributed by atoms with Crippen LogP contribution in [0, 0.1) is 0 Å². The van der Waals surface area contributed by atoms with Crippen LogP contribution < -0.4 is 0 Å². The second-order valence-electron chi connectivity index (χ2n) is 4.02. The fourth-order valence-electron chi connectivity index (χ4n) is 0.905. The van der Waals surface area contributed by atoms with E-state index in [1.807, 2.05) is 0 Å². The van der Waals surface area contributed by atoms with Gasteiger partial charge in [-0.25, -0.2) is 0 Å². The predicted molar refractivity (Wildman–Crippen MR) is 56.4 cm³/mol. The second kappa shape index (κ2) is 6.95. The van der Waals surface area contributed by atoms with Crippen molar-refractivity contribution in [2.75, 3.05) is 0 Å². The lowest BCUT2D eigenvalue weighted by molar-refractivity contribution is 1.29. The van der Waals surface area contributed by atoms with Gasteiger partial charge in [0.05, 0.1) is 0 Å². The molecule has 0 rings (SSSR count). The summed E-state index contributed by atoms with van der Waals surface area (Å²) in [4.78, 5) is 0. The van der Waals surface area contributed by atoms with Gasteiger partial charge in [-0.2, -0.15) is 0 Å². The molecule has 0 radical (unpaired) electrons. The van der Waals surface area contributed by atoms with Crippen molar-refractivity contribution >= 4 is 40.8 Å². The van der Waals surface area contributed by atoms with Gasteiger partial charge in [-0.1, -0.05) is 32.6 Å². The molecule has 0 aliphatic heterocycles. The number of hydrogen-bond acceptors (Lipinski definition) is 0. The van der Waals surface area contributed by atoms with Gasteiger partial charge in [-0.15, -0.1) is 21.5 Å². The van der Waals surface area contributed by atoms with E-state index in [9.17, 15) is 0 Å². The zero-order valence-electron chi connectivity index (χ0n) is 7.74. The van der Waals surface area contributed by atoms with Gasteiger partial charge in [-0.3, -0.25) is 0 Å². The van der Waals surface area contributed by atoms with E-state index in [2.05, 4.69) is 26.6 Å². The Kier molecular flexibility index (Phi) is 9.62. The van der Waals surface area contributed by atoms with Crippen LogP contribution in [0.5, 0.6) is 0 Å². The third kappa shape index (κ3) is 12.0. The van der Waals surface area contributed by atoms with E-state index in [-0.39, 0.29) is 12.4 Å². The molecule has 0 bridgehead atoms. The SMILES string of the molecule is C[CH2][Mg][CH2]C[Si](C)(C)C.Cl. The quantitative estimate of drug-likeness (QED) is 0.472. The Balaban J connectivity index is 0. The summed E-state index contributed by atoms with van der Waals surface area (Å²) in [6.07, 6.45) is 0. The van der Waals surface area contributed by atoms with E-state index in [0.717, 1.165) is 0 Å². The molecule has 0 heterocycles. The van der Waals surface area contributed by atoms with Crippen LogP contribution in [0.15, 0.2) is 0 Å². The Bertz CT molecular complexity index is 70.5. The zero-order chi connectivity index (χ0) is 7.33. The normalized spacial score (nSPS) is 10.0. The summed E-state index contributed by atoms with van der Waals surface area (Å²) < 4.78 is 3.11. The molecule has 0 saturated carbocycles. The predicted octanol–water partition coefficient (Wildman–Crippen LogP) is 3.31. The summed E-state index contributed by atoms with van der Waals surface area (Å²) in [5.41, 5.74) is 0. The molecule has 0 unspecified atom stereocenters. The molecule has 0 aromatic heterocycles. The summed E-state index contributed by atoms with van der Waals surface area (Å²) in [6.45, 7) is 9.74. The summed E-state index contributed by atoms with van der Waals surface area (Å²) in [7, 11) is -0.660. The molecular weight excluding hydrogens is 172 g/mol. The molecule has 0 spiro atoms. The minimum absolute atomic E-state index is 0. The van der Waals surface area contributed by atoms with Crippen molar-refractivity contribution in [2.45, 2.75) is 41.7 Å². The third-order valence-corrected chi connectivity index (χ3v) is 5.65. The first-order valence-corrected chi connectivity index (χ1v) is 9.77. The molecule has 0 aromatic rings.